The molecule has 0 radical (unpaired) electrons. The number of ether oxygens (including phenoxy) is 1. The first-order valence-corrected chi connectivity index (χ1v) is 9.79. The van der Waals surface area contributed by atoms with Crippen molar-refractivity contribution >= 4 is 37.6 Å². The number of sulfonamides is 1. The molecule has 9 nitrogen and oxygen atoms in total. The van der Waals surface area contributed by atoms with Crippen molar-refractivity contribution in [2.75, 3.05) is 6.61 Å². The van der Waals surface area contributed by atoms with Crippen molar-refractivity contribution in [2.45, 2.75) is 17.5 Å². The number of carbonyl (C=O) groups is 1. The number of esters is 1. The number of hydrogen-bond acceptors (Lipinski definition) is 7. The van der Waals surface area contributed by atoms with Crippen LogP contribution in [-0.4, -0.2) is 37.1 Å². The average Bonchev–Trinajstić information content (AvgIpc) is 2.64. The molecule has 0 bridgehead atoms. The molecule has 0 aliphatic rings. The highest BCUT2D eigenvalue weighted by Crippen LogP contribution is 2.16. The molecule has 0 aliphatic carbocycles. The van der Waals surface area contributed by atoms with Gasteiger partial charge in [-0.05, 0) is 29.8 Å². The molecule has 2 aromatic rings. The molecule has 2 rings (SSSR count). The summed E-state index contributed by atoms with van der Waals surface area (Å²) in [4.78, 5) is 22.1. The van der Waals surface area contributed by atoms with Crippen molar-refractivity contribution in [3.05, 3.63) is 68.7 Å². The van der Waals surface area contributed by atoms with Gasteiger partial charge in [0.1, 0.15) is 12.6 Å². The van der Waals surface area contributed by atoms with E-state index in [0.717, 1.165) is 0 Å². The highest BCUT2D eigenvalue weighted by atomic mass is 79.9. The third-order valence-corrected chi connectivity index (χ3v) is 5.41. The molecule has 2 aromatic carbocycles. The smallest absolute Gasteiger partial charge is 0.326 e. The molecule has 27 heavy (non-hydrogen) atoms. The van der Waals surface area contributed by atoms with Crippen molar-refractivity contribution in [3.63, 3.8) is 0 Å². The maximum absolute atomic E-state index is 12.3. The summed E-state index contributed by atoms with van der Waals surface area (Å²) in [5.41, 5.74) is 0.184. The third-order valence-electron chi connectivity index (χ3n) is 3.39. The Labute approximate surface area is 163 Å². The lowest BCUT2D eigenvalue weighted by Crippen LogP contribution is -2.44. The first kappa shape index (κ1) is 21.0. The summed E-state index contributed by atoms with van der Waals surface area (Å²) in [6.07, 6.45) is 0. The summed E-state index contributed by atoms with van der Waals surface area (Å²) in [5.74, 6) is -1.01. The van der Waals surface area contributed by atoms with Crippen LogP contribution in [0.3, 0.4) is 0 Å². The number of nitrogens with zero attached hydrogens (tertiary/aromatic N) is 1. The predicted molar refractivity (Wildman–Crippen MR) is 98.2 cm³/mol. The zero-order valence-electron chi connectivity index (χ0n) is 13.7. The summed E-state index contributed by atoms with van der Waals surface area (Å²) < 4.78 is 32.3. The van der Waals surface area contributed by atoms with E-state index in [2.05, 4.69) is 20.7 Å². The number of non-ortho nitro benzene ring substituents is 1. The molecule has 2 N–H and O–H groups in total. The molecular weight excluding hydrogens is 444 g/mol. The van der Waals surface area contributed by atoms with E-state index in [1.807, 2.05) is 0 Å². The fourth-order valence-corrected chi connectivity index (χ4v) is 3.48. The fraction of sp³-hybridized carbons (Fsp3) is 0.188. The molecule has 0 fully saturated rings. The van der Waals surface area contributed by atoms with Gasteiger partial charge in [0.25, 0.3) is 5.69 Å². The monoisotopic (exact) mass is 458 g/mol. The van der Waals surface area contributed by atoms with Gasteiger partial charge in [-0.15, -0.1) is 0 Å². The Morgan fingerprint density at radius 1 is 1.26 bits per heavy atom. The number of carbonyl (C=O) groups excluding carboxylic acids is 1. The molecule has 0 spiro atoms. The molecule has 144 valence electrons. The first-order chi connectivity index (χ1) is 12.7. The van der Waals surface area contributed by atoms with Crippen LogP contribution in [-0.2, 0) is 26.2 Å². The SMILES string of the molecule is O=C(OCc1cccc([N+](=O)[O-])c1)C(CO)NS(=O)(=O)c1ccc(Br)cc1. The van der Waals surface area contributed by atoms with E-state index in [-0.39, 0.29) is 17.2 Å². The van der Waals surface area contributed by atoms with Gasteiger partial charge in [-0.3, -0.25) is 14.9 Å². The van der Waals surface area contributed by atoms with Crippen LogP contribution in [0, 0.1) is 10.1 Å². The predicted octanol–water partition coefficient (Wildman–Crippen LogP) is 1.74. The second-order valence-electron chi connectivity index (χ2n) is 5.35. The number of aliphatic hydroxyl groups is 1. The zero-order chi connectivity index (χ0) is 20.0. The highest BCUT2D eigenvalue weighted by molar-refractivity contribution is 9.10. The van der Waals surface area contributed by atoms with Crippen LogP contribution in [0.1, 0.15) is 5.56 Å². The number of nitro benzene ring substituents is 1. The van der Waals surface area contributed by atoms with Crippen molar-refractivity contribution in [3.8, 4) is 0 Å². The Kier molecular flexibility index (Phi) is 7.02. The van der Waals surface area contributed by atoms with Crippen LogP contribution in [0.5, 0.6) is 0 Å². The minimum atomic E-state index is -4.06. The molecule has 0 saturated heterocycles. The lowest BCUT2D eigenvalue weighted by Gasteiger charge is -2.15. The summed E-state index contributed by atoms with van der Waals surface area (Å²) in [6.45, 7) is -1.12. The van der Waals surface area contributed by atoms with Gasteiger partial charge in [0.05, 0.1) is 16.4 Å². The third kappa shape index (κ3) is 5.82. The van der Waals surface area contributed by atoms with Gasteiger partial charge in [0.2, 0.25) is 10.0 Å². The van der Waals surface area contributed by atoms with Crippen LogP contribution in [0.25, 0.3) is 0 Å². The Hall–Kier alpha value is -2.34. The zero-order valence-corrected chi connectivity index (χ0v) is 16.1. The first-order valence-electron chi connectivity index (χ1n) is 7.51. The molecule has 0 heterocycles. The van der Waals surface area contributed by atoms with E-state index in [4.69, 9.17) is 4.74 Å². The van der Waals surface area contributed by atoms with Crippen LogP contribution in [0.2, 0.25) is 0 Å². The van der Waals surface area contributed by atoms with Crippen molar-refractivity contribution in [1.82, 2.24) is 4.72 Å². The van der Waals surface area contributed by atoms with Gasteiger partial charge >= 0.3 is 5.97 Å². The molecular formula is C16H15BrN2O7S. The van der Waals surface area contributed by atoms with Crippen LogP contribution in [0.15, 0.2) is 57.9 Å². The number of benzene rings is 2. The van der Waals surface area contributed by atoms with Crippen LogP contribution in [0.4, 0.5) is 5.69 Å². The van der Waals surface area contributed by atoms with Crippen molar-refractivity contribution in [2.24, 2.45) is 0 Å². The normalized spacial score (nSPS) is 12.4. The summed E-state index contributed by atoms with van der Waals surface area (Å²) in [7, 11) is -4.06. The fourth-order valence-electron chi connectivity index (χ4n) is 2.04. The van der Waals surface area contributed by atoms with Gasteiger partial charge in [0, 0.05) is 16.6 Å². The molecule has 11 heteroatoms. The van der Waals surface area contributed by atoms with E-state index >= 15 is 0 Å². The van der Waals surface area contributed by atoms with Crippen LogP contribution < -0.4 is 4.72 Å². The van der Waals surface area contributed by atoms with E-state index in [1.54, 1.807) is 0 Å². The maximum Gasteiger partial charge on any atom is 0.326 e. The summed E-state index contributed by atoms with van der Waals surface area (Å²) in [5, 5.41) is 20.1. The van der Waals surface area contributed by atoms with Crippen molar-refractivity contribution in [1.29, 1.82) is 0 Å². The van der Waals surface area contributed by atoms with Gasteiger partial charge < -0.3 is 9.84 Å². The topological polar surface area (TPSA) is 136 Å². The summed E-state index contributed by atoms with van der Waals surface area (Å²) >= 11 is 3.19. The second kappa shape index (κ2) is 9.04. The number of aliphatic hydroxyl groups excluding tert-OH is 1. The average molecular weight is 459 g/mol. The Balaban J connectivity index is 2.04. The number of nitro groups is 1. The van der Waals surface area contributed by atoms with E-state index in [1.165, 1.54) is 48.5 Å². The quantitative estimate of drug-likeness (QED) is 0.349. The lowest BCUT2D eigenvalue weighted by atomic mass is 10.2. The molecule has 1 unspecified atom stereocenters. The van der Waals surface area contributed by atoms with E-state index in [0.29, 0.717) is 10.0 Å². The Morgan fingerprint density at radius 3 is 2.52 bits per heavy atom. The highest BCUT2D eigenvalue weighted by Gasteiger charge is 2.26. The largest absolute Gasteiger partial charge is 0.460 e. The van der Waals surface area contributed by atoms with Gasteiger partial charge in [-0.2, -0.15) is 4.72 Å². The van der Waals surface area contributed by atoms with Crippen LogP contribution >= 0.6 is 15.9 Å². The minimum absolute atomic E-state index is 0.0874. The molecule has 0 saturated carbocycles. The van der Waals surface area contributed by atoms with E-state index < -0.39 is 33.6 Å². The van der Waals surface area contributed by atoms with E-state index in [9.17, 15) is 28.4 Å². The lowest BCUT2D eigenvalue weighted by molar-refractivity contribution is -0.384. The Bertz CT molecular complexity index is 932. The van der Waals surface area contributed by atoms with Gasteiger partial charge in [-0.25, -0.2) is 8.42 Å². The van der Waals surface area contributed by atoms with Gasteiger partial charge in [-0.1, -0.05) is 28.1 Å². The maximum atomic E-state index is 12.3. The molecule has 1 atom stereocenters. The molecule has 0 aromatic heterocycles. The Morgan fingerprint density at radius 2 is 1.93 bits per heavy atom. The standard InChI is InChI=1S/C16H15BrN2O7S/c17-12-4-6-14(7-5-12)27(24,25)18-15(9-20)16(21)26-10-11-2-1-3-13(8-11)19(22)23/h1-8,15,18,20H,9-10H2. The van der Waals surface area contributed by atoms with Crippen molar-refractivity contribution < 1.29 is 28.0 Å². The second-order valence-corrected chi connectivity index (χ2v) is 7.97. The number of rotatable bonds is 8. The summed E-state index contributed by atoms with van der Waals surface area (Å²) in [6, 6.07) is 9.64. The molecule has 0 aliphatic heterocycles. The minimum Gasteiger partial charge on any atom is -0.460 e. The number of nitrogens with one attached hydrogen (secondary N) is 1. The molecule has 0 amide bonds. The number of hydrogen-bond donors (Lipinski definition) is 2. The van der Waals surface area contributed by atoms with Gasteiger partial charge in [0.15, 0.2) is 0 Å². The number of halogens is 1.